The molecule has 0 aliphatic carbocycles. The van der Waals surface area contributed by atoms with Gasteiger partial charge in [0.05, 0.1) is 5.69 Å². The molecule has 3 heteroatoms. The van der Waals surface area contributed by atoms with Crippen molar-refractivity contribution in [3.05, 3.63) is 40.2 Å². The zero-order valence-electron chi connectivity index (χ0n) is 12.2. The van der Waals surface area contributed by atoms with Crippen LogP contribution in [0, 0.1) is 0 Å². The van der Waals surface area contributed by atoms with Crippen LogP contribution >= 0.6 is 11.3 Å². The van der Waals surface area contributed by atoms with Crippen LogP contribution in [-0.4, -0.2) is 11.5 Å². The molecule has 0 saturated heterocycles. The normalized spacial score (nSPS) is 11.8. The quantitative estimate of drug-likeness (QED) is 0.903. The van der Waals surface area contributed by atoms with E-state index in [1.54, 1.807) is 11.3 Å². The van der Waals surface area contributed by atoms with E-state index >= 15 is 0 Å². The number of aromatic nitrogens is 1. The lowest BCUT2D eigenvalue weighted by atomic mass is 9.86. The summed E-state index contributed by atoms with van der Waals surface area (Å²) in [4.78, 5) is 4.67. The molecule has 2 aromatic rings. The molecule has 0 radical (unpaired) electrons. The van der Waals surface area contributed by atoms with E-state index in [0.717, 1.165) is 23.8 Å². The Balaban J connectivity index is 2.16. The number of hydrogen-bond acceptors (Lipinski definition) is 3. The first-order valence-electron chi connectivity index (χ1n) is 6.76. The van der Waals surface area contributed by atoms with Gasteiger partial charge >= 0.3 is 0 Å². The van der Waals surface area contributed by atoms with Crippen LogP contribution in [0.2, 0.25) is 0 Å². The molecule has 0 aliphatic heterocycles. The Kier molecular flexibility index (Phi) is 4.38. The van der Waals surface area contributed by atoms with Crippen molar-refractivity contribution in [3.63, 3.8) is 0 Å². The molecule has 1 heterocycles. The number of hydrogen-bond donors (Lipinski definition) is 1. The Morgan fingerprint density at radius 2 is 1.84 bits per heavy atom. The molecule has 0 bridgehead atoms. The summed E-state index contributed by atoms with van der Waals surface area (Å²) in [5, 5.41) is 6.59. The summed E-state index contributed by atoms with van der Waals surface area (Å²) in [7, 11) is 0. The average molecular weight is 274 g/mol. The highest BCUT2D eigenvalue weighted by atomic mass is 32.1. The van der Waals surface area contributed by atoms with Crippen LogP contribution < -0.4 is 5.32 Å². The highest BCUT2D eigenvalue weighted by Crippen LogP contribution is 2.26. The van der Waals surface area contributed by atoms with Gasteiger partial charge in [0.1, 0.15) is 5.01 Å². The van der Waals surface area contributed by atoms with Crippen LogP contribution in [0.3, 0.4) is 0 Å². The molecule has 102 valence electrons. The predicted molar refractivity (Wildman–Crippen MR) is 83.6 cm³/mol. The molecule has 0 spiro atoms. The first-order valence-corrected chi connectivity index (χ1v) is 7.64. The summed E-state index contributed by atoms with van der Waals surface area (Å²) in [6.45, 7) is 10.7. The molecule has 19 heavy (non-hydrogen) atoms. The smallest absolute Gasteiger partial charge is 0.107 e. The number of rotatable bonds is 4. The maximum atomic E-state index is 4.67. The second-order valence-electron chi connectivity index (χ2n) is 5.73. The van der Waals surface area contributed by atoms with E-state index in [9.17, 15) is 0 Å². The van der Waals surface area contributed by atoms with Gasteiger partial charge in [-0.25, -0.2) is 4.98 Å². The van der Waals surface area contributed by atoms with Crippen molar-refractivity contribution in [1.82, 2.24) is 10.3 Å². The highest BCUT2D eigenvalue weighted by Gasteiger charge is 2.13. The summed E-state index contributed by atoms with van der Waals surface area (Å²) in [6.07, 6.45) is 0. The molecule has 0 fully saturated rings. The van der Waals surface area contributed by atoms with Crippen LogP contribution in [-0.2, 0) is 12.0 Å². The molecule has 0 unspecified atom stereocenters. The van der Waals surface area contributed by atoms with Crippen LogP contribution in [0.25, 0.3) is 11.3 Å². The standard InChI is InChI=1S/C16H22N2S/c1-5-17-10-15-18-14(11-19-15)12-6-8-13(9-7-12)16(2,3)4/h6-9,11,17H,5,10H2,1-4H3. The topological polar surface area (TPSA) is 24.9 Å². The lowest BCUT2D eigenvalue weighted by Crippen LogP contribution is -2.11. The third-order valence-corrected chi connectivity index (χ3v) is 3.97. The zero-order chi connectivity index (χ0) is 13.9. The predicted octanol–water partition coefficient (Wildman–Crippen LogP) is 4.22. The number of thiazole rings is 1. The van der Waals surface area contributed by atoms with Gasteiger partial charge in [-0.2, -0.15) is 0 Å². The van der Waals surface area contributed by atoms with Crippen LogP contribution in [0.4, 0.5) is 0 Å². The maximum Gasteiger partial charge on any atom is 0.107 e. The highest BCUT2D eigenvalue weighted by molar-refractivity contribution is 7.09. The van der Waals surface area contributed by atoms with Gasteiger partial charge in [-0.1, -0.05) is 52.0 Å². The fourth-order valence-corrected chi connectivity index (χ4v) is 2.67. The van der Waals surface area contributed by atoms with Gasteiger partial charge < -0.3 is 5.32 Å². The van der Waals surface area contributed by atoms with Crippen molar-refractivity contribution in [3.8, 4) is 11.3 Å². The van der Waals surface area contributed by atoms with Gasteiger partial charge in [0, 0.05) is 17.5 Å². The lowest BCUT2D eigenvalue weighted by molar-refractivity contribution is 0.590. The fraction of sp³-hybridized carbons (Fsp3) is 0.438. The average Bonchev–Trinajstić information content (AvgIpc) is 2.84. The number of nitrogens with one attached hydrogen (secondary N) is 1. The second-order valence-corrected chi connectivity index (χ2v) is 6.68. The van der Waals surface area contributed by atoms with Crippen molar-refractivity contribution in [2.75, 3.05) is 6.54 Å². The molecular formula is C16H22N2S. The van der Waals surface area contributed by atoms with E-state index in [1.807, 2.05) is 0 Å². The Hall–Kier alpha value is -1.19. The van der Waals surface area contributed by atoms with E-state index in [2.05, 4.69) is 67.6 Å². The van der Waals surface area contributed by atoms with Crippen molar-refractivity contribution in [1.29, 1.82) is 0 Å². The maximum absolute atomic E-state index is 4.67. The molecule has 1 aromatic carbocycles. The lowest BCUT2D eigenvalue weighted by Gasteiger charge is -2.18. The first-order chi connectivity index (χ1) is 9.00. The molecule has 2 rings (SSSR count). The minimum absolute atomic E-state index is 0.205. The molecule has 1 aromatic heterocycles. The van der Waals surface area contributed by atoms with Crippen molar-refractivity contribution in [2.24, 2.45) is 0 Å². The SMILES string of the molecule is CCNCc1nc(-c2ccc(C(C)(C)C)cc2)cs1. The Morgan fingerprint density at radius 3 is 2.42 bits per heavy atom. The Morgan fingerprint density at radius 1 is 1.16 bits per heavy atom. The second kappa shape index (κ2) is 5.85. The van der Waals surface area contributed by atoms with E-state index in [4.69, 9.17) is 0 Å². The van der Waals surface area contributed by atoms with Gasteiger partial charge in [-0.15, -0.1) is 11.3 Å². The van der Waals surface area contributed by atoms with Crippen molar-refractivity contribution >= 4 is 11.3 Å². The van der Waals surface area contributed by atoms with E-state index in [0.29, 0.717) is 0 Å². The number of benzene rings is 1. The van der Waals surface area contributed by atoms with Crippen molar-refractivity contribution < 1.29 is 0 Å². The Bertz CT molecular complexity index is 520. The van der Waals surface area contributed by atoms with Gasteiger partial charge in [0.25, 0.3) is 0 Å². The van der Waals surface area contributed by atoms with Crippen LogP contribution in [0.15, 0.2) is 29.6 Å². The minimum atomic E-state index is 0.205. The third-order valence-electron chi connectivity index (χ3n) is 3.12. The molecule has 2 nitrogen and oxygen atoms in total. The van der Waals surface area contributed by atoms with Gasteiger partial charge in [-0.3, -0.25) is 0 Å². The summed E-state index contributed by atoms with van der Waals surface area (Å²) >= 11 is 1.72. The van der Waals surface area contributed by atoms with E-state index < -0.39 is 0 Å². The summed E-state index contributed by atoms with van der Waals surface area (Å²) < 4.78 is 0. The molecule has 0 atom stereocenters. The molecule has 0 amide bonds. The van der Waals surface area contributed by atoms with Crippen molar-refractivity contribution in [2.45, 2.75) is 39.7 Å². The van der Waals surface area contributed by atoms with Gasteiger partial charge in [0.2, 0.25) is 0 Å². The molecular weight excluding hydrogens is 252 g/mol. The fourth-order valence-electron chi connectivity index (χ4n) is 1.90. The Labute approximate surface area is 119 Å². The van der Waals surface area contributed by atoms with Gasteiger partial charge in [0.15, 0.2) is 0 Å². The largest absolute Gasteiger partial charge is 0.311 e. The van der Waals surface area contributed by atoms with E-state index in [1.165, 1.54) is 11.1 Å². The molecule has 0 aliphatic rings. The van der Waals surface area contributed by atoms with E-state index in [-0.39, 0.29) is 5.41 Å². The number of nitrogens with zero attached hydrogens (tertiary/aromatic N) is 1. The van der Waals surface area contributed by atoms with Gasteiger partial charge in [-0.05, 0) is 17.5 Å². The zero-order valence-corrected chi connectivity index (χ0v) is 13.0. The monoisotopic (exact) mass is 274 g/mol. The van der Waals surface area contributed by atoms with Crippen LogP contribution in [0.5, 0.6) is 0 Å². The summed E-state index contributed by atoms with van der Waals surface area (Å²) in [6, 6.07) is 8.76. The minimum Gasteiger partial charge on any atom is -0.311 e. The van der Waals surface area contributed by atoms with Crippen LogP contribution in [0.1, 0.15) is 38.3 Å². The summed E-state index contributed by atoms with van der Waals surface area (Å²) in [5.74, 6) is 0. The molecule has 1 N–H and O–H groups in total. The first kappa shape index (κ1) is 14.2. The third kappa shape index (κ3) is 3.64. The molecule has 0 saturated carbocycles. The summed E-state index contributed by atoms with van der Waals surface area (Å²) in [5.41, 5.74) is 3.85.